The predicted octanol–water partition coefficient (Wildman–Crippen LogP) is 2.83. The van der Waals surface area contributed by atoms with E-state index >= 15 is 0 Å². The standard InChI is InChI=1S/C12H16N/c13-12(11-8-4-5-9-11)10-6-2-1-3-7-10/h1-3,6-7,12H,4-5,8-9,13H2. The van der Waals surface area contributed by atoms with Gasteiger partial charge < -0.3 is 5.73 Å². The molecule has 2 N–H and O–H groups in total. The Morgan fingerprint density at radius 2 is 1.62 bits per heavy atom. The van der Waals surface area contributed by atoms with Gasteiger partial charge in [0.1, 0.15) is 0 Å². The van der Waals surface area contributed by atoms with Crippen molar-refractivity contribution in [1.82, 2.24) is 0 Å². The van der Waals surface area contributed by atoms with Crippen LogP contribution < -0.4 is 5.73 Å². The number of rotatable bonds is 2. The summed E-state index contributed by atoms with van der Waals surface area (Å²) in [5.74, 6) is 1.53. The summed E-state index contributed by atoms with van der Waals surface area (Å²) in [6.45, 7) is 0. The maximum atomic E-state index is 6.16. The van der Waals surface area contributed by atoms with Crippen LogP contribution in [0, 0.1) is 5.92 Å². The molecule has 0 heterocycles. The number of benzene rings is 1. The Morgan fingerprint density at radius 1 is 1.00 bits per heavy atom. The van der Waals surface area contributed by atoms with Gasteiger partial charge in [0.25, 0.3) is 0 Å². The van der Waals surface area contributed by atoms with E-state index in [1.165, 1.54) is 37.2 Å². The summed E-state index contributed by atoms with van der Waals surface area (Å²) < 4.78 is 0. The average Bonchev–Trinajstić information content (AvgIpc) is 2.71. The van der Waals surface area contributed by atoms with E-state index in [2.05, 4.69) is 24.3 Å². The minimum absolute atomic E-state index is 0.184. The number of nitrogens with two attached hydrogens (primary N) is 1. The molecule has 0 bridgehead atoms. The maximum absolute atomic E-state index is 6.16. The third-order valence-electron chi connectivity index (χ3n) is 2.84. The zero-order valence-electron chi connectivity index (χ0n) is 7.87. The van der Waals surface area contributed by atoms with Crippen LogP contribution in [0.25, 0.3) is 0 Å². The summed E-state index contributed by atoms with van der Waals surface area (Å²) in [6.07, 6.45) is 5.12. The molecule has 0 amide bonds. The lowest BCUT2D eigenvalue weighted by Crippen LogP contribution is -2.17. The third kappa shape index (κ3) is 1.92. The van der Waals surface area contributed by atoms with Gasteiger partial charge in [0.15, 0.2) is 0 Å². The first kappa shape index (κ1) is 8.76. The zero-order valence-corrected chi connectivity index (χ0v) is 7.87. The summed E-state index contributed by atoms with van der Waals surface area (Å²) in [7, 11) is 0. The Bertz CT molecular complexity index is 249. The van der Waals surface area contributed by atoms with Crippen molar-refractivity contribution in [2.75, 3.05) is 0 Å². The van der Waals surface area contributed by atoms with Crippen molar-refractivity contribution in [3.8, 4) is 0 Å². The lowest BCUT2D eigenvalue weighted by atomic mass is 9.93. The fraction of sp³-hybridized carbons (Fsp3) is 0.417. The maximum Gasteiger partial charge on any atom is 0.0358 e. The second kappa shape index (κ2) is 3.93. The molecule has 1 radical (unpaired) electrons. The molecule has 1 aromatic carbocycles. The van der Waals surface area contributed by atoms with Crippen LogP contribution in [-0.4, -0.2) is 0 Å². The van der Waals surface area contributed by atoms with Gasteiger partial charge in [0.2, 0.25) is 0 Å². The summed E-state index contributed by atoms with van der Waals surface area (Å²) in [5, 5.41) is 0. The van der Waals surface area contributed by atoms with Gasteiger partial charge in [-0.05, 0) is 24.3 Å². The van der Waals surface area contributed by atoms with Gasteiger partial charge in [-0.15, -0.1) is 0 Å². The third-order valence-corrected chi connectivity index (χ3v) is 2.84. The van der Waals surface area contributed by atoms with Crippen molar-refractivity contribution < 1.29 is 0 Å². The Morgan fingerprint density at radius 3 is 2.23 bits per heavy atom. The molecule has 1 nitrogen and oxygen atoms in total. The van der Waals surface area contributed by atoms with Crippen LogP contribution in [0.2, 0.25) is 0 Å². The molecular formula is C12H16N. The van der Waals surface area contributed by atoms with E-state index in [4.69, 9.17) is 5.73 Å². The van der Waals surface area contributed by atoms with E-state index in [-0.39, 0.29) is 6.04 Å². The van der Waals surface area contributed by atoms with E-state index in [1.54, 1.807) is 0 Å². The van der Waals surface area contributed by atoms with Gasteiger partial charge in [-0.3, -0.25) is 0 Å². The lowest BCUT2D eigenvalue weighted by Gasteiger charge is -2.18. The molecular weight excluding hydrogens is 158 g/mol. The van der Waals surface area contributed by atoms with Crippen LogP contribution in [0.5, 0.6) is 0 Å². The highest BCUT2D eigenvalue weighted by atomic mass is 14.7. The minimum Gasteiger partial charge on any atom is -0.323 e. The topological polar surface area (TPSA) is 26.0 Å². The van der Waals surface area contributed by atoms with Crippen LogP contribution in [0.15, 0.2) is 30.3 Å². The number of hydrogen-bond acceptors (Lipinski definition) is 1. The zero-order chi connectivity index (χ0) is 9.10. The van der Waals surface area contributed by atoms with Gasteiger partial charge >= 0.3 is 0 Å². The molecule has 1 aromatic rings. The molecule has 1 unspecified atom stereocenters. The molecule has 2 rings (SSSR count). The van der Waals surface area contributed by atoms with Crippen LogP contribution >= 0.6 is 0 Å². The first-order valence-electron chi connectivity index (χ1n) is 5.03. The molecule has 1 saturated carbocycles. The smallest absolute Gasteiger partial charge is 0.0358 e. The summed E-state index contributed by atoms with van der Waals surface area (Å²) >= 11 is 0. The summed E-state index contributed by atoms with van der Waals surface area (Å²) in [5.41, 5.74) is 7.43. The Balaban J connectivity index is 2.08. The van der Waals surface area contributed by atoms with Gasteiger partial charge in [-0.2, -0.15) is 0 Å². The normalized spacial score (nSPS) is 20.4. The first-order valence-corrected chi connectivity index (χ1v) is 5.03. The predicted molar refractivity (Wildman–Crippen MR) is 55.1 cm³/mol. The van der Waals surface area contributed by atoms with Crippen molar-refractivity contribution in [2.45, 2.75) is 31.7 Å². The van der Waals surface area contributed by atoms with Gasteiger partial charge in [-0.1, -0.05) is 43.2 Å². The molecule has 1 atom stereocenters. The molecule has 0 aliphatic heterocycles. The van der Waals surface area contributed by atoms with E-state index in [9.17, 15) is 0 Å². The molecule has 1 heteroatoms. The van der Waals surface area contributed by atoms with Crippen molar-refractivity contribution in [1.29, 1.82) is 0 Å². The monoisotopic (exact) mass is 174 g/mol. The highest BCUT2D eigenvalue weighted by molar-refractivity contribution is 5.25. The molecule has 1 aliphatic carbocycles. The molecule has 69 valence electrons. The van der Waals surface area contributed by atoms with Crippen molar-refractivity contribution in [2.24, 2.45) is 5.73 Å². The summed E-state index contributed by atoms with van der Waals surface area (Å²) in [6, 6.07) is 10.6. The Kier molecular flexibility index (Phi) is 2.65. The van der Waals surface area contributed by atoms with Crippen molar-refractivity contribution in [3.63, 3.8) is 0 Å². The fourth-order valence-corrected chi connectivity index (χ4v) is 2.04. The molecule has 0 aromatic heterocycles. The average molecular weight is 174 g/mol. The van der Waals surface area contributed by atoms with Gasteiger partial charge in [-0.25, -0.2) is 0 Å². The molecule has 13 heavy (non-hydrogen) atoms. The molecule has 1 fully saturated rings. The second-order valence-corrected chi connectivity index (χ2v) is 3.75. The molecule has 0 saturated heterocycles. The highest BCUT2D eigenvalue weighted by Crippen LogP contribution is 2.35. The fourth-order valence-electron chi connectivity index (χ4n) is 2.04. The Labute approximate surface area is 80.0 Å². The van der Waals surface area contributed by atoms with Gasteiger partial charge in [0, 0.05) is 6.04 Å². The molecule has 1 aliphatic rings. The van der Waals surface area contributed by atoms with E-state index in [1.807, 2.05) is 6.07 Å². The van der Waals surface area contributed by atoms with Crippen LogP contribution in [0.4, 0.5) is 0 Å². The van der Waals surface area contributed by atoms with E-state index < -0.39 is 0 Å². The van der Waals surface area contributed by atoms with Gasteiger partial charge in [0.05, 0.1) is 0 Å². The van der Waals surface area contributed by atoms with Crippen molar-refractivity contribution >= 4 is 0 Å². The lowest BCUT2D eigenvalue weighted by molar-refractivity contribution is 0.680. The number of hydrogen-bond donors (Lipinski definition) is 1. The van der Waals surface area contributed by atoms with Crippen LogP contribution in [0.1, 0.15) is 37.3 Å². The first-order chi connectivity index (χ1) is 6.38. The van der Waals surface area contributed by atoms with Crippen LogP contribution in [-0.2, 0) is 0 Å². The van der Waals surface area contributed by atoms with E-state index in [0.717, 1.165) is 0 Å². The van der Waals surface area contributed by atoms with E-state index in [0.29, 0.717) is 0 Å². The summed E-state index contributed by atoms with van der Waals surface area (Å²) in [4.78, 5) is 0. The van der Waals surface area contributed by atoms with Crippen LogP contribution in [0.3, 0.4) is 0 Å². The largest absolute Gasteiger partial charge is 0.323 e. The van der Waals surface area contributed by atoms with Crippen molar-refractivity contribution in [3.05, 3.63) is 41.8 Å². The SMILES string of the molecule is NC([C]1CCCC1)c1ccccc1. The minimum atomic E-state index is 0.184. The quantitative estimate of drug-likeness (QED) is 0.733. The molecule has 0 spiro atoms. The second-order valence-electron chi connectivity index (χ2n) is 3.75. The highest BCUT2D eigenvalue weighted by Gasteiger charge is 2.23. The Hall–Kier alpha value is -0.820.